The van der Waals surface area contributed by atoms with Crippen molar-refractivity contribution in [2.75, 3.05) is 0 Å². The minimum Gasteiger partial charge on any atom is -0.327 e. The number of nitrogens with zero attached hydrogens (tertiary/aromatic N) is 6. The van der Waals surface area contributed by atoms with Gasteiger partial charge >= 0.3 is 0 Å². The molecule has 2 atom stereocenters. The second-order valence-electron chi connectivity index (χ2n) is 6.47. The maximum atomic E-state index is 12.9. The molecule has 3 aromatic rings. The lowest BCUT2D eigenvalue weighted by Gasteiger charge is -2.35. The van der Waals surface area contributed by atoms with Crippen molar-refractivity contribution in [2.24, 2.45) is 0 Å². The number of hydrogen-bond donors (Lipinski definition) is 0. The van der Waals surface area contributed by atoms with Crippen LogP contribution in [0.4, 0.5) is 0 Å². The molecule has 0 radical (unpaired) electrons. The van der Waals surface area contributed by atoms with Crippen LogP contribution in [0.15, 0.2) is 30.9 Å². The Morgan fingerprint density at radius 3 is 2.96 bits per heavy atom. The van der Waals surface area contributed by atoms with E-state index in [4.69, 9.17) is 0 Å². The van der Waals surface area contributed by atoms with Gasteiger partial charge in [0.15, 0.2) is 5.65 Å². The van der Waals surface area contributed by atoms with Crippen LogP contribution in [0, 0.1) is 6.92 Å². The molecule has 2 bridgehead atoms. The topological polar surface area (TPSA) is 76.3 Å². The van der Waals surface area contributed by atoms with E-state index in [0.717, 1.165) is 36.2 Å². The SMILES string of the molecule is Cc1cc2ncc3c(n2n1)C[C@H]1CC[C@@H]3N1C(=O)c1cnccn1. The summed E-state index contributed by atoms with van der Waals surface area (Å²) < 4.78 is 1.94. The second-order valence-corrected chi connectivity index (χ2v) is 6.47. The molecule has 120 valence electrons. The number of carbonyl (C=O) groups excluding carboxylic acids is 1. The third-order valence-corrected chi connectivity index (χ3v) is 5.04. The summed E-state index contributed by atoms with van der Waals surface area (Å²) in [5.74, 6) is -0.0435. The van der Waals surface area contributed by atoms with Crippen molar-refractivity contribution < 1.29 is 4.79 Å². The fraction of sp³-hybridized carbons (Fsp3) is 0.353. The minimum absolute atomic E-state index is 0.0435. The van der Waals surface area contributed by atoms with E-state index in [2.05, 4.69) is 20.1 Å². The number of rotatable bonds is 1. The van der Waals surface area contributed by atoms with Crippen LogP contribution < -0.4 is 0 Å². The van der Waals surface area contributed by atoms with Crippen molar-refractivity contribution in [1.82, 2.24) is 29.5 Å². The molecule has 24 heavy (non-hydrogen) atoms. The molecular formula is C17H16N6O. The molecule has 1 saturated heterocycles. The predicted molar refractivity (Wildman–Crippen MR) is 85.4 cm³/mol. The summed E-state index contributed by atoms with van der Waals surface area (Å²) in [6, 6.07) is 2.22. The summed E-state index contributed by atoms with van der Waals surface area (Å²) in [5, 5.41) is 4.58. The Bertz CT molecular complexity index is 950. The number of carbonyl (C=O) groups is 1. The first-order valence-corrected chi connectivity index (χ1v) is 8.15. The van der Waals surface area contributed by atoms with E-state index >= 15 is 0 Å². The van der Waals surface area contributed by atoms with E-state index in [-0.39, 0.29) is 18.0 Å². The fourth-order valence-corrected chi connectivity index (χ4v) is 4.05. The largest absolute Gasteiger partial charge is 0.327 e. The summed E-state index contributed by atoms with van der Waals surface area (Å²) >= 11 is 0. The van der Waals surface area contributed by atoms with Crippen molar-refractivity contribution >= 4 is 11.6 Å². The molecule has 3 aromatic heterocycles. The molecule has 2 aliphatic rings. The Balaban J connectivity index is 1.61. The molecule has 1 fully saturated rings. The fourth-order valence-electron chi connectivity index (χ4n) is 4.05. The van der Waals surface area contributed by atoms with E-state index in [9.17, 15) is 4.79 Å². The van der Waals surface area contributed by atoms with Crippen molar-refractivity contribution in [2.45, 2.75) is 38.3 Å². The Morgan fingerprint density at radius 2 is 2.12 bits per heavy atom. The van der Waals surface area contributed by atoms with Gasteiger partial charge in [0.2, 0.25) is 0 Å². The number of hydrogen-bond acceptors (Lipinski definition) is 5. The average molecular weight is 320 g/mol. The van der Waals surface area contributed by atoms with Gasteiger partial charge in [-0.05, 0) is 19.8 Å². The van der Waals surface area contributed by atoms with Crippen molar-refractivity contribution in [1.29, 1.82) is 0 Å². The summed E-state index contributed by atoms with van der Waals surface area (Å²) in [7, 11) is 0. The molecule has 7 nitrogen and oxygen atoms in total. The smallest absolute Gasteiger partial charge is 0.274 e. The highest BCUT2D eigenvalue weighted by Crippen LogP contribution is 2.44. The van der Waals surface area contributed by atoms with Crippen molar-refractivity contribution in [3.05, 3.63) is 53.5 Å². The summed E-state index contributed by atoms with van der Waals surface area (Å²) in [4.78, 5) is 27.6. The average Bonchev–Trinajstić information content (AvgIpc) is 3.14. The molecule has 0 spiro atoms. The van der Waals surface area contributed by atoms with Crippen LogP contribution in [0.25, 0.3) is 5.65 Å². The van der Waals surface area contributed by atoms with Gasteiger partial charge in [0, 0.05) is 42.7 Å². The molecule has 0 unspecified atom stereocenters. The third-order valence-electron chi connectivity index (χ3n) is 5.04. The van der Waals surface area contributed by atoms with E-state index in [1.807, 2.05) is 28.6 Å². The predicted octanol–water partition coefficient (Wildman–Crippen LogP) is 1.73. The van der Waals surface area contributed by atoms with Gasteiger partial charge in [-0.15, -0.1) is 0 Å². The molecular weight excluding hydrogens is 304 g/mol. The molecule has 5 heterocycles. The lowest BCUT2D eigenvalue weighted by molar-refractivity contribution is 0.0636. The van der Waals surface area contributed by atoms with Crippen LogP contribution in [-0.4, -0.2) is 41.4 Å². The molecule has 1 amide bonds. The van der Waals surface area contributed by atoms with Gasteiger partial charge in [0.25, 0.3) is 5.91 Å². The third kappa shape index (κ3) is 1.81. The molecule has 0 saturated carbocycles. The van der Waals surface area contributed by atoms with E-state index < -0.39 is 0 Å². The first-order chi connectivity index (χ1) is 11.7. The zero-order valence-electron chi connectivity index (χ0n) is 13.3. The zero-order valence-corrected chi connectivity index (χ0v) is 13.3. The first kappa shape index (κ1) is 13.6. The van der Waals surface area contributed by atoms with E-state index in [1.165, 1.54) is 11.9 Å². The highest BCUT2D eigenvalue weighted by molar-refractivity contribution is 5.93. The van der Waals surface area contributed by atoms with Crippen LogP contribution in [0.5, 0.6) is 0 Å². The number of amides is 1. The molecule has 2 aliphatic heterocycles. The van der Waals surface area contributed by atoms with Crippen LogP contribution in [0.2, 0.25) is 0 Å². The highest BCUT2D eigenvalue weighted by Gasteiger charge is 2.44. The monoisotopic (exact) mass is 320 g/mol. The summed E-state index contributed by atoms with van der Waals surface area (Å²) in [6.45, 7) is 1.97. The molecule has 7 heteroatoms. The lowest BCUT2D eigenvalue weighted by Crippen LogP contribution is -2.43. The van der Waals surface area contributed by atoms with E-state index in [1.54, 1.807) is 12.4 Å². The van der Waals surface area contributed by atoms with Gasteiger partial charge in [0.05, 0.1) is 23.6 Å². The Morgan fingerprint density at radius 1 is 1.21 bits per heavy atom. The van der Waals surface area contributed by atoms with Gasteiger partial charge in [-0.1, -0.05) is 0 Å². The highest BCUT2D eigenvalue weighted by atomic mass is 16.2. The molecule has 0 aliphatic carbocycles. The number of aryl methyl sites for hydroxylation is 1. The maximum absolute atomic E-state index is 12.9. The standard InChI is InChI=1S/C17H16N6O/c1-10-6-16-20-8-12-14-3-2-11(7-15(12)23(16)21-10)22(14)17(24)13-9-18-4-5-19-13/h4-6,8-9,11,14H,2-3,7H2,1H3/t11-,14+/m1/s1. The first-order valence-electron chi connectivity index (χ1n) is 8.15. The zero-order chi connectivity index (χ0) is 16.3. The second kappa shape index (κ2) is 4.83. The molecule has 5 rings (SSSR count). The van der Waals surface area contributed by atoms with Crippen LogP contribution in [0.1, 0.15) is 46.3 Å². The van der Waals surface area contributed by atoms with Gasteiger partial charge in [-0.25, -0.2) is 14.5 Å². The van der Waals surface area contributed by atoms with Crippen LogP contribution >= 0.6 is 0 Å². The maximum Gasteiger partial charge on any atom is 0.274 e. The van der Waals surface area contributed by atoms with Gasteiger partial charge in [-0.2, -0.15) is 5.10 Å². The van der Waals surface area contributed by atoms with Crippen molar-refractivity contribution in [3.8, 4) is 0 Å². The van der Waals surface area contributed by atoms with Gasteiger partial charge in [-0.3, -0.25) is 9.78 Å². The number of aromatic nitrogens is 5. The van der Waals surface area contributed by atoms with Crippen LogP contribution in [-0.2, 0) is 6.42 Å². The molecule has 0 aromatic carbocycles. The minimum atomic E-state index is -0.0435. The van der Waals surface area contributed by atoms with E-state index in [0.29, 0.717) is 5.69 Å². The molecule has 0 N–H and O–H groups in total. The Labute approximate surface area is 138 Å². The summed E-state index contributed by atoms with van der Waals surface area (Å²) in [5.41, 5.74) is 4.53. The van der Waals surface area contributed by atoms with Crippen molar-refractivity contribution in [3.63, 3.8) is 0 Å². The Kier molecular flexibility index (Phi) is 2.74. The van der Waals surface area contributed by atoms with Crippen LogP contribution in [0.3, 0.4) is 0 Å². The quantitative estimate of drug-likeness (QED) is 0.682. The van der Waals surface area contributed by atoms with Gasteiger partial charge < -0.3 is 4.90 Å². The van der Waals surface area contributed by atoms with Gasteiger partial charge in [0.1, 0.15) is 5.69 Å². The summed E-state index contributed by atoms with van der Waals surface area (Å²) in [6.07, 6.45) is 9.34. The number of fused-ring (bicyclic) bond motifs is 6. The normalized spacial score (nSPS) is 22.0. The lowest BCUT2D eigenvalue weighted by atomic mass is 9.98. The Hall–Kier alpha value is -2.83.